The molecule has 0 aromatic heterocycles. The van der Waals surface area contributed by atoms with Crippen LogP contribution in [0.4, 0.5) is 0 Å². The van der Waals surface area contributed by atoms with E-state index in [1.807, 2.05) is 0 Å². The topological polar surface area (TPSA) is 20.3 Å². The van der Waals surface area contributed by atoms with Gasteiger partial charge in [0, 0.05) is 10.6 Å². The molecule has 22 heavy (non-hydrogen) atoms. The first-order valence-corrected chi connectivity index (χ1v) is 8.16. The van der Waals surface area contributed by atoms with Crippen molar-refractivity contribution in [2.75, 3.05) is 19.6 Å². The Morgan fingerprint density at radius 3 is 2.27 bits per heavy atom. The minimum absolute atomic E-state index is 0.176. The zero-order valence-corrected chi connectivity index (χ0v) is 13.3. The van der Waals surface area contributed by atoms with Crippen LogP contribution in [0.1, 0.15) is 34.7 Å². The number of likely N-dealkylation sites (tertiary alicyclic amines) is 1. The third-order valence-electron chi connectivity index (χ3n) is 4.39. The van der Waals surface area contributed by atoms with Crippen molar-refractivity contribution in [1.82, 2.24) is 4.90 Å². The molecule has 0 amide bonds. The summed E-state index contributed by atoms with van der Waals surface area (Å²) in [6, 6.07) is 17.8. The Morgan fingerprint density at radius 1 is 1.00 bits per heavy atom. The molecule has 0 spiro atoms. The van der Waals surface area contributed by atoms with Crippen LogP contribution in [0, 0.1) is 0 Å². The lowest BCUT2D eigenvalue weighted by molar-refractivity contribution is 0.0909. The van der Waals surface area contributed by atoms with Gasteiger partial charge in [-0.1, -0.05) is 41.9 Å². The molecule has 1 aliphatic heterocycles. The van der Waals surface area contributed by atoms with Crippen LogP contribution in [-0.4, -0.2) is 30.3 Å². The van der Waals surface area contributed by atoms with Gasteiger partial charge in [0.25, 0.3) is 0 Å². The highest BCUT2D eigenvalue weighted by Gasteiger charge is 2.22. The molecular formula is C19H20ClNO. The molecule has 2 aromatic carbocycles. The van der Waals surface area contributed by atoms with Gasteiger partial charge in [0.1, 0.15) is 0 Å². The van der Waals surface area contributed by atoms with Crippen LogP contribution >= 0.6 is 11.6 Å². The average Bonchev–Trinajstić information content (AvgIpc) is 2.57. The van der Waals surface area contributed by atoms with E-state index in [1.54, 1.807) is 24.3 Å². The Kier molecular flexibility index (Phi) is 4.91. The summed E-state index contributed by atoms with van der Waals surface area (Å²) in [4.78, 5) is 14.6. The number of hydrogen-bond acceptors (Lipinski definition) is 2. The molecule has 1 aliphatic rings. The predicted octanol–water partition coefficient (Wildman–Crippen LogP) is 4.40. The molecule has 1 fully saturated rings. The van der Waals surface area contributed by atoms with Crippen LogP contribution in [0.5, 0.6) is 0 Å². The number of carbonyl (C=O) groups excluding carboxylic acids is 1. The molecule has 114 valence electrons. The van der Waals surface area contributed by atoms with Crippen LogP contribution < -0.4 is 0 Å². The third-order valence-corrected chi connectivity index (χ3v) is 4.64. The lowest BCUT2D eigenvalue weighted by Crippen LogP contribution is -2.36. The standard InChI is InChI=1S/C19H20ClNO/c20-18-8-6-17(7-9-18)19(22)14-21-12-10-16(11-13-21)15-4-2-1-3-5-15/h1-9,16H,10-14H2. The van der Waals surface area contributed by atoms with Crippen molar-refractivity contribution in [3.8, 4) is 0 Å². The zero-order chi connectivity index (χ0) is 15.4. The van der Waals surface area contributed by atoms with Crippen LogP contribution in [0.25, 0.3) is 0 Å². The second-order valence-corrected chi connectivity index (χ2v) is 6.33. The number of nitrogens with zero attached hydrogens (tertiary/aromatic N) is 1. The summed E-state index contributed by atoms with van der Waals surface area (Å²) in [7, 11) is 0. The van der Waals surface area contributed by atoms with E-state index in [1.165, 1.54) is 5.56 Å². The van der Waals surface area contributed by atoms with E-state index in [4.69, 9.17) is 11.6 Å². The molecule has 2 aromatic rings. The van der Waals surface area contributed by atoms with Crippen molar-refractivity contribution in [3.63, 3.8) is 0 Å². The largest absolute Gasteiger partial charge is 0.296 e. The van der Waals surface area contributed by atoms with Crippen molar-refractivity contribution in [2.45, 2.75) is 18.8 Å². The van der Waals surface area contributed by atoms with Gasteiger partial charge in [-0.15, -0.1) is 0 Å². The van der Waals surface area contributed by atoms with Gasteiger partial charge in [-0.25, -0.2) is 0 Å². The van der Waals surface area contributed by atoms with E-state index in [9.17, 15) is 4.79 Å². The number of Topliss-reactive ketones (excluding diaryl/α,β-unsaturated/α-hetero) is 1. The molecule has 0 saturated carbocycles. The molecule has 0 atom stereocenters. The van der Waals surface area contributed by atoms with Gasteiger partial charge in [0.05, 0.1) is 6.54 Å². The first kappa shape index (κ1) is 15.3. The Labute approximate surface area is 136 Å². The summed E-state index contributed by atoms with van der Waals surface area (Å²) >= 11 is 5.86. The van der Waals surface area contributed by atoms with Gasteiger partial charge in [-0.3, -0.25) is 9.69 Å². The number of carbonyl (C=O) groups is 1. The van der Waals surface area contributed by atoms with Crippen LogP contribution in [0.15, 0.2) is 54.6 Å². The normalized spacial score (nSPS) is 16.6. The molecule has 1 saturated heterocycles. The molecule has 2 nitrogen and oxygen atoms in total. The maximum absolute atomic E-state index is 12.3. The summed E-state index contributed by atoms with van der Waals surface area (Å²) in [5.74, 6) is 0.804. The lowest BCUT2D eigenvalue weighted by atomic mass is 9.89. The Morgan fingerprint density at radius 2 is 1.64 bits per heavy atom. The van der Waals surface area contributed by atoms with E-state index in [0.29, 0.717) is 17.5 Å². The zero-order valence-electron chi connectivity index (χ0n) is 12.5. The van der Waals surface area contributed by atoms with E-state index in [2.05, 4.69) is 35.2 Å². The molecular weight excluding hydrogens is 294 g/mol. The Bertz CT molecular complexity index is 616. The Balaban J connectivity index is 1.53. The molecule has 0 aliphatic carbocycles. The number of benzene rings is 2. The SMILES string of the molecule is O=C(CN1CCC(c2ccccc2)CC1)c1ccc(Cl)cc1. The second kappa shape index (κ2) is 7.08. The van der Waals surface area contributed by atoms with Gasteiger partial charge < -0.3 is 0 Å². The molecule has 3 heteroatoms. The molecule has 0 unspecified atom stereocenters. The minimum atomic E-state index is 0.176. The van der Waals surface area contributed by atoms with E-state index in [0.717, 1.165) is 31.5 Å². The molecule has 0 bridgehead atoms. The Hall–Kier alpha value is -1.64. The van der Waals surface area contributed by atoms with Crippen LogP contribution in [-0.2, 0) is 0 Å². The fourth-order valence-corrected chi connectivity index (χ4v) is 3.21. The quantitative estimate of drug-likeness (QED) is 0.780. The third kappa shape index (κ3) is 3.76. The minimum Gasteiger partial charge on any atom is -0.296 e. The number of piperidine rings is 1. The van der Waals surface area contributed by atoms with Crippen molar-refractivity contribution >= 4 is 17.4 Å². The smallest absolute Gasteiger partial charge is 0.176 e. The number of ketones is 1. The highest BCUT2D eigenvalue weighted by atomic mass is 35.5. The molecule has 0 radical (unpaired) electrons. The molecule has 3 rings (SSSR count). The first-order chi connectivity index (χ1) is 10.7. The average molecular weight is 314 g/mol. The monoisotopic (exact) mass is 313 g/mol. The lowest BCUT2D eigenvalue weighted by Gasteiger charge is -2.31. The number of halogens is 1. The van der Waals surface area contributed by atoms with Gasteiger partial charge in [0.2, 0.25) is 0 Å². The van der Waals surface area contributed by atoms with E-state index < -0.39 is 0 Å². The maximum atomic E-state index is 12.3. The van der Waals surface area contributed by atoms with Gasteiger partial charge >= 0.3 is 0 Å². The maximum Gasteiger partial charge on any atom is 0.176 e. The summed E-state index contributed by atoms with van der Waals surface area (Å²) in [6.45, 7) is 2.47. The van der Waals surface area contributed by atoms with E-state index in [-0.39, 0.29) is 5.78 Å². The van der Waals surface area contributed by atoms with Crippen LogP contribution in [0.3, 0.4) is 0 Å². The van der Waals surface area contributed by atoms with Crippen molar-refractivity contribution in [1.29, 1.82) is 0 Å². The summed E-state index contributed by atoms with van der Waals surface area (Å²) in [5, 5.41) is 0.667. The summed E-state index contributed by atoms with van der Waals surface area (Å²) in [6.07, 6.45) is 2.25. The van der Waals surface area contributed by atoms with Gasteiger partial charge in [-0.05, 0) is 61.7 Å². The fourth-order valence-electron chi connectivity index (χ4n) is 3.08. The van der Waals surface area contributed by atoms with E-state index >= 15 is 0 Å². The predicted molar refractivity (Wildman–Crippen MR) is 90.6 cm³/mol. The number of hydrogen-bond donors (Lipinski definition) is 0. The van der Waals surface area contributed by atoms with Crippen molar-refractivity contribution in [3.05, 3.63) is 70.7 Å². The summed E-state index contributed by atoms with van der Waals surface area (Å²) < 4.78 is 0. The van der Waals surface area contributed by atoms with Crippen molar-refractivity contribution < 1.29 is 4.79 Å². The number of rotatable bonds is 4. The highest BCUT2D eigenvalue weighted by Crippen LogP contribution is 2.27. The van der Waals surface area contributed by atoms with Gasteiger partial charge in [0.15, 0.2) is 5.78 Å². The van der Waals surface area contributed by atoms with Crippen molar-refractivity contribution in [2.24, 2.45) is 0 Å². The van der Waals surface area contributed by atoms with Crippen LogP contribution in [0.2, 0.25) is 5.02 Å². The highest BCUT2D eigenvalue weighted by molar-refractivity contribution is 6.30. The molecule has 1 heterocycles. The summed E-state index contributed by atoms with van der Waals surface area (Å²) in [5.41, 5.74) is 2.17. The fraction of sp³-hybridized carbons (Fsp3) is 0.316. The van der Waals surface area contributed by atoms with Gasteiger partial charge in [-0.2, -0.15) is 0 Å². The first-order valence-electron chi connectivity index (χ1n) is 7.78. The second-order valence-electron chi connectivity index (χ2n) is 5.89. The molecule has 0 N–H and O–H groups in total.